The van der Waals surface area contributed by atoms with E-state index in [4.69, 9.17) is 5.21 Å². The van der Waals surface area contributed by atoms with Gasteiger partial charge in [0, 0.05) is 25.3 Å². The smallest absolute Gasteiger partial charge is 0.276 e. The summed E-state index contributed by atoms with van der Waals surface area (Å²) < 4.78 is 28.4. The van der Waals surface area contributed by atoms with Crippen LogP contribution in [0, 0.1) is 0 Å². The predicted molar refractivity (Wildman–Crippen MR) is 116 cm³/mol. The summed E-state index contributed by atoms with van der Waals surface area (Å²) in [4.78, 5) is 17.8. The molecule has 160 valence electrons. The third-order valence-electron chi connectivity index (χ3n) is 5.22. The minimum absolute atomic E-state index is 0.225. The molecule has 1 aliphatic rings. The van der Waals surface area contributed by atoms with Crippen molar-refractivity contribution in [2.75, 3.05) is 18.0 Å². The lowest BCUT2D eigenvalue weighted by Crippen LogP contribution is -2.37. The molecule has 1 fully saturated rings. The first kappa shape index (κ1) is 21.0. The van der Waals surface area contributed by atoms with E-state index < -0.39 is 15.9 Å². The zero-order chi connectivity index (χ0) is 21.8. The summed E-state index contributed by atoms with van der Waals surface area (Å²) in [5.74, 6) is 0.00722. The lowest BCUT2D eigenvalue weighted by Gasteiger charge is -2.18. The van der Waals surface area contributed by atoms with Crippen LogP contribution in [0.1, 0.15) is 16.8 Å². The van der Waals surface area contributed by atoms with E-state index in [1.807, 2.05) is 35.2 Å². The number of aromatic nitrogens is 1. The van der Waals surface area contributed by atoms with E-state index in [1.165, 1.54) is 6.20 Å². The Morgan fingerprint density at radius 2 is 1.71 bits per heavy atom. The van der Waals surface area contributed by atoms with Crippen LogP contribution in [0.15, 0.2) is 77.8 Å². The number of sulfonamides is 1. The Bertz CT molecular complexity index is 1150. The van der Waals surface area contributed by atoms with Crippen molar-refractivity contribution in [2.24, 2.45) is 0 Å². The van der Waals surface area contributed by atoms with Crippen LogP contribution in [0.4, 0.5) is 5.82 Å². The van der Waals surface area contributed by atoms with Crippen molar-refractivity contribution >= 4 is 21.7 Å². The van der Waals surface area contributed by atoms with Crippen molar-refractivity contribution in [3.8, 4) is 11.1 Å². The van der Waals surface area contributed by atoms with E-state index in [1.54, 1.807) is 41.9 Å². The van der Waals surface area contributed by atoms with Gasteiger partial charge in [0.15, 0.2) is 0 Å². The zero-order valence-electron chi connectivity index (χ0n) is 16.6. The summed E-state index contributed by atoms with van der Waals surface area (Å²) in [6.45, 7) is 1.11. The summed E-state index contributed by atoms with van der Waals surface area (Å²) in [5, 5.41) is 8.68. The second-order valence-corrected chi connectivity index (χ2v) is 9.00. The van der Waals surface area contributed by atoms with Crippen molar-refractivity contribution < 1.29 is 18.4 Å². The maximum atomic E-state index is 12.8. The van der Waals surface area contributed by atoms with Gasteiger partial charge in [0.1, 0.15) is 5.82 Å². The Labute approximate surface area is 180 Å². The summed E-state index contributed by atoms with van der Waals surface area (Å²) in [6, 6.07) is 19.6. The van der Waals surface area contributed by atoms with Crippen molar-refractivity contribution in [1.29, 1.82) is 0 Å². The lowest BCUT2D eigenvalue weighted by molar-refractivity contribution is 0.0706. The van der Waals surface area contributed by atoms with Crippen molar-refractivity contribution in [2.45, 2.75) is 17.4 Å². The van der Waals surface area contributed by atoms with Crippen LogP contribution in [-0.4, -0.2) is 43.6 Å². The molecule has 0 bridgehead atoms. The molecule has 8 nitrogen and oxygen atoms in total. The Hall–Kier alpha value is -3.27. The van der Waals surface area contributed by atoms with E-state index in [0.29, 0.717) is 25.3 Å². The van der Waals surface area contributed by atoms with Crippen molar-refractivity contribution in [3.63, 3.8) is 0 Å². The number of nitrogens with zero attached hydrogens (tertiary/aromatic N) is 2. The monoisotopic (exact) mass is 438 g/mol. The van der Waals surface area contributed by atoms with Crippen LogP contribution in [0.2, 0.25) is 0 Å². The topological polar surface area (TPSA) is 112 Å². The molecule has 1 unspecified atom stereocenters. The Morgan fingerprint density at radius 3 is 2.35 bits per heavy atom. The van der Waals surface area contributed by atoms with Crippen LogP contribution in [0.5, 0.6) is 0 Å². The molecule has 0 aliphatic carbocycles. The number of rotatable bonds is 6. The molecule has 1 amide bonds. The minimum atomic E-state index is -3.65. The highest BCUT2D eigenvalue weighted by Crippen LogP contribution is 2.23. The Balaban J connectivity index is 1.40. The van der Waals surface area contributed by atoms with E-state index in [2.05, 4.69) is 9.71 Å². The normalized spacial score (nSPS) is 16.3. The van der Waals surface area contributed by atoms with Gasteiger partial charge in [-0.3, -0.25) is 10.0 Å². The number of hydroxylamine groups is 1. The fourth-order valence-corrected chi connectivity index (χ4v) is 4.84. The van der Waals surface area contributed by atoms with Gasteiger partial charge in [-0.2, -0.15) is 0 Å². The molecule has 9 heteroatoms. The van der Waals surface area contributed by atoms with Crippen molar-refractivity contribution in [1.82, 2.24) is 15.2 Å². The third-order valence-corrected chi connectivity index (χ3v) is 6.75. The number of pyridine rings is 1. The first-order valence-electron chi connectivity index (χ1n) is 9.79. The van der Waals surface area contributed by atoms with Gasteiger partial charge < -0.3 is 4.90 Å². The second kappa shape index (κ2) is 8.84. The number of anilines is 1. The SMILES string of the molecule is O=C(NO)c1ccc(N2CCC(NS(=O)(=O)c3ccc(-c4ccccc4)cc3)C2)nc1. The summed E-state index contributed by atoms with van der Waals surface area (Å²) >= 11 is 0. The number of amides is 1. The van der Waals surface area contributed by atoms with Gasteiger partial charge >= 0.3 is 0 Å². The minimum Gasteiger partial charge on any atom is -0.355 e. The van der Waals surface area contributed by atoms with E-state index >= 15 is 0 Å². The zero-order valence-corrected chi connectivity index (χ0v) is 17.4. The van der Waals surface area contributed by atoms with Crippen LogP contribution in [-0.2, 0) is 10.0 Å². The molecule has 1 aromatic heterocycles. The molecule has 31 heavy (non-hydrogen) atoms. The van der Waals surface area contributed by atoms with E-state index in [0.717, 1.165) is 11.1 Å². The summed E-state index contributed by atoms with van der Waals surface area (Å²) in [7, 11) is -3.65. The van der Waals surface area contributed by atoms with Gasteiger partial charge in [-0.25, -0.2) is 23.6 Å². The number of nitrogens with one attached hydrogen (secondary N) is 2. The van der Waals surface area contributed by atoms with Gasteiger partial charge in [0.2, 0.25) is 10.0 Å². The van der Waals surface area contributed by atoms with Crippen LogP contribution in [0.3, 0.4) is 0 Å². The highest BCUT2D eigenvalue weighted by atomic mass is 32.2. The molecule has 4 rings (SSSR count). The average molecular weight is 439 g/mol. The lowest BCUT2D eigenvalue weighted by atomic mass is 10.1. The van der Waals surface area contributed by atoms with Crippen LogP contribution >= 0.6 is 0 Å². The second-order valence-electron chi connectivity index (χ2n) is 7.29. The molecule has 0 radical (unpaired) electrons. The Kier molecular flexibility index (Phi) is 5.99. The summed E-state index contributed by atoms with van der Waals surface area (Å²) in [5.41, 5.74) is 3.78. The third kappa shape index (κ3) is 4.74. The molecular weight excluding hydrogens is 416 g/mol. The molecular formula is C22H22N4O4S. The standard InChI is InChI=1S/C22H22N4O4S/c27-22(24-28)18-8-11-21(23-14-18)26-13-12-19(15-26)25-31(29,30)20-9-6-17(7-10-20)16-4-2-1-3-5-16/h1-11,14,19,25,28H,12-13,15H2,(H,24,27). The van der Waals surface area contributed by atoms with Crippen LogP contribution < -0.4 is 15.1 Å². The highest BCUT2D eigenvalue weighted by Gasteiger charge is 2.28. The first-order chi connectivity index (χ1) is 15.0. The molecule has 1 saturated heterocycles. The number of benzene rings is 2. The van der Waals surface area contributed by atoms with Crippen molar-refractivity contribution in [3.05, 3.63) is 78.5 Å². The van der Waals surface area contributed by atoms with Crippen LogP contribution in [0.25, 0.3) is 11.1 Å². The number of carbonyl (C=O) groups excluding carboxylic acids is 1. The molecule has 0 spiro atoms. The van der Waals surface area contributed by atoms with Gasteiger partial charge in [-0.1, -0.05) is 42.5 Å². The molecule has 0 saturated carbocycles. The number of hydrogen-bond donors (Lipinski definition) is 3. The Morgan fingerprint density at radius 1 is 1.00 bits per heavy atom. The molecule has 2 aromatic carbocycles. The summed E-state index contributed by atoms with van der Waals surface area (Å²) in [6.07, 6.45) is 2.01. The fraction of sp³-hybridized carbons (Fsp3) is 0.182. The molecule has 1 atom stereocenters. The number of hydrogen-bond acceptors (Lipinski definition) is 6. The first-order valence-corrected chi connectivity index (χ1v) is 11.3. The predicted octanol–water partition coefficient (Wildman–Crippen LogP) is 2.42. The van der Waals surface area contributed by atoms with Gasteiger partial charge in [0.05, 0.1) is 10.5 Å². The van der Waals surface area contributed by atoms with Gasteiger partial charge in [-0.05, 0) is 41.8 Å². The highest BCUT2D eigenvalue weighted by molar-refractivity contribution is 7.89. The van der Waals surface area contributed by atoms with Gasteiger partial charge in [-0.15, -0.1) is 0 Å². The largest absolute Gasteiger partial charge is 0.355 e. The quantitative estimate of drug-likeness (QED) is 0.403. The maximum Gasteiger partial charge on any atom is 0.276 e. The van der Waals surface area contributed by atoms with E-state index in [-0.39, 0.29) is 16.5 Å². The molecule has 3 aromatic rings. The van der Waals surface area contributed by atoms with Gasteiger partial charge in [0.25, 0.3) is 5.91 Å². The average Bonchev–Trinajstić information content (AvgIpc) is 3.27. The maximum absolute atomic E-state index is 12.8. The number of carbonyl (C=O) groups is 1. The van der Waals surface area contributed by atoms with E-state index in [9.17, 15) is 13.2 Å². The molecule has 3 N–H and O–H groups in total. The molecule has 1 aliphatic heterocycles. The fourth-order valence-electron chi connectivity index (χ4n) is 3.58. The molecule has 2 heterocycles.